The van der Waals surface area contributed by atoms with Gasteiger partial charge in [0.25, 0.3) is 0 Å². The summed E-state index contributed by atoms with van der Waals surface area (Å²) in [7, 11) is 2.19. The summed E-state index contributed by atoms with van der Waals surface area (Å²) in [4.78, 5) is 2.41. The maximum Gasteiger partial charge on any atom is 0.0263 e. The monoisotopic (exact) mass is 248 g/mol. The molecule has 0 aliphatic carbocycles. The molecule has 18 heavy (non-hydrogen) atoms. The standard InChI is InChI=1S/C16H28N2/c1-16(2,3)15(13-17)18(4)12-8-11-14-9-6-5-7-10-14/h5-7,9-10,15H,8,11-13,17H2,1-4H3. The summed E-state index contributed by atoms with van der Waals surface area (Å²) in [5.74, 6) is 0. The Morgan fingerprint density at radius 1 is 1.17 bits per heavy atom. The van der Waals surface area contributed by atoms with E-state index in [0.717, 1.165) is 19.5 Å². The van der Waals surface area contributed by atoms with Crippen LogP contribution in [0.1, 0.15) is 32.8 Å². The van der Waals surface area contributed by atoms with Crippen LogP contribution in [0, 0.1) is 5.41 Å². The van der Waals surface area contributed by atoms with E-state index in [4.69, 9.17) is 5.73 Å². The summed E-state index contributed by atoms with van der Waals surface area (Å²) in [6, 6.07) is 11.1. The number of nitrogens with zero attached hydrogens (tertiary/aromatic N) is 1. The van der Waals surface area contributed by atoms with Crippen molar-refractivity contribution in [3.63, 3.8) is 0 Å². The van der Waals surface area contributed by atoms with Crippen LogP contribution in [0.25, 0.3) is 0 Å². The minimum absolute atomic E-state index is 0.246. The van der Waals surface area contributed by atoms with Crippen LogP contribution in [-0.2, 0) is 6.42 Å². The van der Waals surface area contributed by atoms with E-state index in [1.54, 1.807) is 0 Å². The van der Waals surface area contributed by atoms with Crippen molar-refractivity contribution in [1.82, 2.24) is 4.90 Å². The fraction of sp³-hybridized carbons (Fsp3) is 0.625. The zero-order valence-corrected chi connectivity index (χ0v) is 12.3. The van der Waals surface area contributed by atoms with E-state index >= 15 is 0 Å². The summed E-state index contributed by atoms with van der Waals surface area (Å²) in [6.07, 6.45) is 2.33. The molecule has 0 radical (unpaired) electrons. The van der Waals surface area contributed by atoms with Gasteiger partial charge in [-0.15, -0.1) is 0 Å². The van der Waals surface area contributed by atoms with Gasteiger partial charge in [-0.25, -0.2) is 0 Å². The fourth-order valence-corrected chi connectivity index (χ4v) is 2.53. The van der Waals surface area contributed by atoms with Crippen LogP contribution in [0.2, 0.25) is 0 Å². The number of hydrogen-bond acceptors (Lipinski definition) is 2. The molecule has 2 nitrogen and oxygen atoms in total. The second-order valence-electron chi connectivity index (χ2n) is 6.19. The molecule has 1 aromatic rings. The lowest BCUT2D eigenvalue weighted by atomic mass is 9.85. The number of nitrogens with two attached hydrogens (primary N) is 1. The van der Waals surface area contributed by atoms with E-state index in [9.17, 15) is 0 Å². The molecule has 0 aromatic heterocycles. The number of hydrogen-bond donors (Lipinski definition) is 1. The van der Waals surface area contributed by atoms with Gasteiger partial charge < -0.3 is 10.6 Å². The Kier molecular flexibility index (Phi) is 5.83. The average Bonchev–Trinajstić information content (AvgIpc) is 2.29. The third kappa shape index (κ3) is 4.79. The van der Waals surface area contributed by atoms with Crippen molar-refractivity contribution in [3.8, 4) is 0 Å². The summed E-state index contributed by atoms with van der Waals surface area (Å²) in [5.41, 5.74) is 7.57. The first-order valence-electron chi connectivity index (χ1n) is 6.89. The average molecular weight is 248 g/mol. The molecule has 0 spiro atoms. The topological polar surface area (TPSA) is 29.3 Å². The van der Waals surface area contributed by atoms with Crippen LogP contribution >= 0.6 is 0 Å². The lowest BCUT2D eigenvalue weighted by molar-refractivity contribution is 0.131. The number of rotatable bonds is 6. The highest BCUT2D eigenvalue weighted by Gasteiger charge is 2.26. The van der Waals surface area contributed by atoms with Gasteiger partial charge in [0.15, 0.2) is 0 Å². The third-order valence-corrected chi connectivity index (χ3v) is 3.57. The molecule has 0 saturated carbocycles. The molecule has 2 heteroatoms. The number of aryl methyl sites for hydroxylation is 1. The van der Waals surface area contributed by atoms with Gasteiger partial charge in [-0.1, -0.05) is 51.1 Å². The van der Waals surface area contributed by atoms with Gasteiger partial charge in [0.2, 0.25) is 0 Å². The maximum absolute atomic E-state index is 5.90. The van der Waals surface area contributed by atoms with Gasteiger partial charge in [0.05, 0.1) is 0 Å². The van der Waals surface area contributed by atoms with E-state index in [-0.39, 0.29) is 5.41 Å². The minimum Gasteiger partial charge on any atom is -0.329 e. The summed E-state index contributed by atoms with van der Waals surface area (Å²) >= 11 is 0. The quantitative estimate of drug-likeness (QED) is 0.838. The minimum atomic E-state index is 0.246. The van der Waals surface area contributed by atoms with E-state index in [1.807, 2.05) is 0 Å². The van der Waals surface area contributed by atoms with Gasteiger partial charge in [0, 0.05) is 12.6 Å². The number of benzene rings is 1. The molecule has 0 aliphatic rings. The molecular formula is C16H28N2. The van der Waals surface area contributed by atoms with Crippen molar-refractivity contribution in [1.29, 1.82) is 0 Å². The molecule has 0 amide bonds. The SMILES string of the molecule is CN(CCCc1ccccc1)C(CN)C(C)(C)C. The molecular weight excluding hydrogens is 220 g/mol. The smallest absolute Gasteiger partial charge is 0.0263 e. The summed E-state index contributed by atoms with van der Waals surface area (Å²) < 4.78 is 0. The highest BCUT2D eigenvalue weighted by atomic mass is 15.1. The molecule has 0 heterocycles. The highest BCUT2D eigenvalue weighted by molar-refractivity contribution is 5.14. The van der Waals surface area contributed by atoms with Crippen LogP contribution in [0.3, 0.4) is 0 Å². The molecule has 0 fully saturated rings. The zero-order valence-electron chi connectivity index (χ0n) is 12.3. The van der Waals surface area contributed by atoms with Crippen molar-refractivity contribution in [2.24, 2.45) is 11.1 Å². The van der Waals surface area contributed by atoms with E-state index in [2.05, 4.69) is 63.1 Å². The predicted octanol–water partition coefficient (Wildman–Crippen LogP) is 2.92. The predicted molar refractivity (Wildman–Crippen MR) is 79.7 cm³/mol. The lowest BCUT2D eigenvalue weighted by Crippen LogP contribution is -2.47. The zero-order chi connectivity index (χ0) is 13.6. The van der Waals surface area contributed by atoms with Gasteiger partial charge in [-0.3, -0.25) is 0 Å². The van der Waals surface area contributed by atoms with Gasteiger partial charge >= 0.3 is 0 Å². The van der Waals surface area contributed by atoms with Crippen molar-refractivity contribution in [3.05, 3.63) is 35.9 Å². The second-order valence-corrected chi connectivity index (χ2v) is 6.19. The van der Waals surface area contributed by atoms with Crippen molar-refractivity contribution >= 4 is 0 Å². The molecule has 1 unspecified atom stereocenters. The Labute approximate surface area is 112 Å². The van der Waals surface area contributed by atoms with Gasteiger partial charge in [-0.05, 0) is 37.4 Å². The maximum atomic E-state index is 5.90. The molecule has 1 aromatic carbocycles. The first-order valence-corrected chi connectivity index (χ1v) is 6.89. The highest BCUT2D eigenvalue weighted by Crippen LogP contribution is 2.22. The van der Waals surface area contributed by atoms with Gasteiger partial charge in [-0.2, -0.15) is 0 Å². The number of likely N-dealkylation sites (N-methyl/N-ethyl adjacent to an activating group) is 1. The Bertz CT molecular complexity index is 327. The largest absolute Gasteiger partial charge is 0.329 e. The first kappa shape index (κ1) is 15.2. The van der Waals surface area contributed by atoms with Crippen LogP contribution in [0.5, 0.6) is 0 Å². The second kappa shape index (κ2) is 6.91. The first-order chi connectivity index (χ1) is 8.45. The van der Waals surface area contributed by atoms with Crippen LogP contribution < -0.4 is 5.73 Å². The van der Waals surface area contributed by atoms with Crippen molar-refractivity contribution in [2.75, 3.05) is 20.1 Å². The Hall–Kier alpha value is -0.860. The van der Waals surface area contributed by atoms with E-state index < -0.39 is 0 Å². The lowest BCUT2D eigenvalue weighted by Gasteiger charge is -2.37. The molecule has 0 saturated heterocycles. The Morgan fingerprint density at radius 2 is 1.78 bits per heavy atom. The molecule has 1 atom stereocenters. The van der Waals surface area contributed by atoms with Crippen molar-refractivity contribution in [2.45, 2.75) is 39.7 Å². The van der Waals surface area contributed by atoms with Crippen LogP contribution in [0.15, 0.2) is 30.3 Å². The fourth-order valence-electron chi connectivity index (χ4n) is 2.53. The Balaban J connectivity index is 2.39. The third-order valence-electron chi connectivity index (χ3n) is 3.57. The molecule has 102 valence electrons. The molecule has 0 aliphatic heterocycles. The van der Waals surface area contributed by atoms with Gasteiger partial charge in [0.1, 0.15) is 0 Å². The van der Waals surface area contributed by atoms with Crippen LogP contribution in [-0.4, -0.2) is 31.1 Å². The Morgan fingerprint density at radius 3 is 2.28 bits per heavy atom. The molecule has 2 N–H and O–H groups in total. The summed E-state index contributed by atoms with van der Waals surface area (Å²) in [5, 5.41) is 0. The summed E-state index contributed by atoms with van der Waals surface area (Å²) in [6.45, 7) is 8.62. The normalized spacial score (nSPS) is 13.9. The molecule has 0 bridgehead atoms. The van der Waals surface area contributed by atoms with E-state index in [1.165, 1.54) is 12.0 Å². The van der Waals surface area contributed by atoms with Crippen molar-refractivity contribution < 1.29 is 0 Å². The van der Waals surface area contributed by atoms with Crippen LogP contribution in [0.4, 0.5) is 0 Å². The van der Waals surface area contributed by atoms with E-state index in [0.29, 0.717) is 6.04 Å². The molecule has 1 rings (SSSR count).